The highest BCUT2D eigenvalue weighted by atomic mass is 79.9. The van der Waals surface area contributed by atoms with E-state index in [0.717, 1.165) is 22.1 Å². The first-order chi connectivity index (χ1) is 11.6. The third-order valence-electron chi connectivity index (χ3n) is 4.46. The van der Waals surface area contributed by atoms with Crippen LogP contribution in [0.1, 0.15) is 29.3 Å². The molecule has 2 aromatic carbocycles. The summed E-state index contributed by atoms with van der Waals surface area (Å²) in [6.45, 7) is 3.30. The number of amides is 1. The topological polar surface area (TPSA) is 41.6 Å². The van der Waals surface area contributed by atoms with Crippen molar-refractivity contribution in [1.29, 1.82) is 0 Å². The fraction of sp³-hybridized carbons (Fsp3) is 0.316. The molecule has 0 saturated carbocycles. The molecule has 0 aromatic heterocycles. The van der Waals surface area contributed by atoms with E-state index in [1.54, 1.807) is 7.11 Å². The standard InChI is InChI=1S/C19H21BrN2O2/c1-19(14-8-10-15(20)11-9-14)21-17-7-4-3-6-16(17)18(23)22(19)12-5-13-24-2/h3-4,6-11,21H,5,12-13H2,1-2H3. The van der Waals surface area contributed by atoms with Crippen LogP contribution in [0.5, 0.6) is 0 Å². The van der Waals surface area contributed by atoms with Crippen molar-refractivity contribution in [3.63, 3.8) is 0 Å². The summed E-state index contributed by atoms with van der Waals surface area (Å²) in [5.41, 5.74) is 2.03. The van der Waals surface area contributed by atoms with Crippen molar-refractivity contribution in [3.05, 3.63) is 64.1 Å². The molecule has 4 nitrogen and oxygen atoms in total. The van der Waals surface area contributed by atoms with Gasteiger partial charge in [0.1, 0.15) is 5.66 Å². The molecule has 0 bridgehead atoms. The van der Waals surface area contributed by atoms with Gasteiger partial charge in [-0.05, 0) is 43.2 Å². The lowest BCUT2D eigenvalue weighted by atomic mass is 9.93. The van der Waals surface area contributed by atoms with Crippen LogP contribution in [0.25, 0.3) is 0 Å². The SMILES string of the molecule is COCCCN1C(=O)c2ccccc2NC1(C)c1ccc(Br)cc1. The number of nitrogens with one attached hydrogen (secondary N) is 1. The van der Waals surface area contributed by atoms with Crippen molar-refractivity contribution in [3.8, 4) is 0 Å². The average molecular weight is 389 g/mol. The Kier molecular flexibility index (Phi) is 4.92. The molecule has 0 saturated heterocycles. The van der Waals surface area contributed by atoms with Crippen LogP contribution in [0.3, 0.4) is 0 Å². The van der Waals surface area contributed by atoms with Crippen LogP contribution in [-0.2, 0) is 10.4 Å². The van der Waals surface area contributed by atoms with Crippen molar-refractivity contribution in [2.75, 3.05) is 25.6 Å². The van der Waals surface area contributed by atoms with Crippen LogP contribution >= 0.6 is 15.9 Å². The number of methoxy groups -OCH3 is 1. The summed E-state index contributed by atoms with van der Waals surface area (Å²) in [7, 11) is 1.68. The van der Waals surface area contributed by atoms with Gasteiger partial charge in [0, 0.05) is 30.4 Å². The van der Waals surface area contributed by atoms with Crippen LogP contribution < -0.4 is 5.32 Å². The second-order valence-electron chi connectivity index (χ2n) is 6.05. The number of benzene rings is 2. The molecule has 1 amide bonds. The third-order valence-corrected chi connectivity index (χ3v) is 4.99. The monoisotopic (exact) mass is 388 g/mol. The molecule has 5 heteroatoms. The van der Waals surface area contributed by atoms with Crippen molar-refractivity contribution in [2.24, 2.45) is 0 Å². The summed E-state index contributed by atoms with van der Waals surface area (Å²) in [5.74, 6) is 0.0471. The van der Waals surface area contributed by atoms with E-state index in [1.807, 2.05) is 53.4 Å². The van der Waals surface area contributed by atoms with Crippen LogP contribution in [0.15, 0.2) is 53.0 Å². The maximum atomic E-state index is 13.1. The molecule has 2 aromatic rings. The number of anilines is 1. The minimum atomic E-state index is -0.597. The maximum absolute atomic E-state index is 13.1. The lowest BCUT2D eigenvalue weighted by Gasteiger charge is -2.47. The Morgan fingerprint density at radius 2 is 1.88 bits per heavy atom. The van der Waals surface area contributed by atoms with E-state index in [9.17, 15) is 4.79 Å². The molecule has 126 valence electrons. The number of nitrogens with zero attached hydrogens (tertiary/aromatic N) is 1. The van der Waals surface area contributed by atoms with Crippen molar-refractivity contribution >= 4 is 27.5 Å². The normalized spacial score (nSPS) is 19.8. The number of rotatable bonds is 5. The summed E-state index contributed by atoms with van der Waals surface area (Å²) >= 11 is 3.47. The zero-order chi connectivity index (χ0) is 17.2. The Labute approximate surface area is 150 Å². The Balaban J connectivity index is 2.03. The van der Waals surface area contributed by atoms with E-state index in [0.29, 0.717) is 18.7 Å². The van der Waals surface area contributed by atoms with Gasteiger partial charge in [-0.2, -0.15) is 0 Å². The highest BCUT2D eigenvalue weighted by Gasteiger charge is 2.41. The van der Waals surface area contributed by atoms with Gasteiger partial charge in [0.25, 0.3) is 5.91 Å². The molecule has 0 radical (unpaired) electrons. The minimum absolute atomic E-state index is 0.0471. The van der Waals surface area contributed by atoms with Crippen molar-refractivity contribution in [2.45, 2.75) is 19.0 Å². The molecule has 1 N–H and O–H groups in total. The Bertz CT molecular complexity index is 732. The number of hydrogen-bond donors (Lipinski definition) is 1. The molecule has 24 heavy (non-hydrogen) atoms. The largest absolute Gasteiger partial charge is 0.385 e. The molecule has 3 rings (SSSR count). The van der Waals surface area contributed by atoms with E-state index < -0.39 is 5.66 Å². The van der Waals surface area contributed by atoms with Crippen LogP contribution in [0, 0.1) is 0 Å². The van der Waals surface area contributed by atoms with Crippen LogP contribution in [0.4, 0.5) is 5.69 Å². The van der Waals surface area contributed by atoms with Gasteiger partial charge in [0.2, 0.25) is 0 Å². The van der Waals surface area contributed by atoms with Gasteiger partial charge in [-0.25, -0.2) is 0 Å². The van der Waals surface area contributed by atoms with Gasteiger partial charge in [-0.3, -0.25) is 4.79 Å². The van der Waals surface area contributed by atoms with Gasteiger partial charge in [0.05, 0.1) is 5.56 Å². The van der Waals surface area contributed by atoms with E-state index in [4.69, 9.17) is 4.74 Å². The summed E-state index contributed by atoms with van der Waals surface area (Å²) < 4.78 is 6.18. The number of fused-ring (bicyclic) bond motifs is 1. The number of carbonyl (C=O) groups excluding carboxylic acids is 1. The zero-order valence-electron chi connectivity index (χ0n) is 13.9. The molecular formula is C19H21BrN2O2. The predicted octanol–water partition coefficient (Wildman–Crippen LogP) is 4.23. The van der Waals surface area contributed by atoms with E-state index in [2.05, 4.69) is 28.2 Å². The lowest BCUT2D eigenvalue weighted by molar-refractivity contribution is 0.0504. The second-order valence-corrected chi connectivity index (χ2v) is 6.97. The Hall–Kier alpha value is -1.85. The predicted molar refractivity (Wildman–Crippen MR) is 99.1 cm³/mol. The number of halogens is 1. The molecular weight excluding hydrogens is 368 g/mol. The van der Waals surface area contributed by atoms with Crippen molar-refractivity contribution in [1.82, 2.24) is 4.90 Å². The Morgan fingerprint density at radius 1 is 1.17 bits per heavy atom. The number of hydrogen-bond acceptors (Lipinski definition) is 3. The van der Waals surface area contributed by atoms with E-state index >= 15 is 0 Å². The summed E-state index contributed by atoms with van der Waals surface area (Å²) in [4.78, 5) is 15.0. The van der Waals surface area contributed by atoms with Gasteiger partial charge in [0.15, 0.2) is 0 Å². The first kappa shape index (κ1) is 17.0. The third kappa shape index (κ3) is 3.06. The molecule has 1 aliphatic rings. The fourth-order valence-electron chi connectivity index (χ4n) is 3.15. The first-order valence-corrected chi connectivity index (χ1v) is 8.80. The van der Waals surface area contributed by atoms with Crippen LogP contribution in [0.2, 0.25) is 0 Å². The van der Waals surface area contributed by atoms with Gasteiger partial charge < -0.3 is 15.0 Å². The molecule has 1 atom stereocenters. The van der Waals surface area contributed by atoms with Gasteiger partial charge in [-0.15, -0.1) is 0 Å². The smallest absolute Gasteiger partial charge is 0.258 e. The number of para-hydroxylation sites is 1. The number of carbonyl (C=O) groups is 1. The minimum Gasteiger partial charge on any atom is -0.385 e. The second kappa shape index (κ2) is 6.95. The first-order valence-electron chi connectivity index (χ1n) is 8.00. The van der Waals surface area contributed by atoms with E-state index in [-0.39, 0.29) is 5.91 Å². The fourth-order valence-corrected chi connectivity index (χ4v) is 3.42. The number of ether oxygens (including phenoxy) is 1. The van der Waals surface area contributed by atoms with Crippen molar-refractivity contribution < 1.29 is 9.53 Å². The highest BCUT2D eigenvalue weighted by molar-refractivity contribution is 9.10. The van der Waals surface area contributed by atoms with Gasteiger partial charge >= 0.3 is 0 Å². The maximum Gasteiger partial charge on any atom is 0.258 e. The highest BCUT2D eigenvalue weighted by Crippen LogP contribution is 2.38. The summed E-state index contributed by atoms with van der Waals surface area (Å²) in [5, 5.41) is 3.57. The molecule has 1 heterocycles. The molecule has 0 spiro atoms. The molecule has 0 fully saturated rings. The molecule has 0 aliphatic carbocycles. The Morgan fingerprint density at radius 3 is 2.58 bits per heavy atom. The quantitative estimate of drug-likeness (QED) is 0.779. The summed E-state index contributed by atoms with van der Waals surface area (Å²) in [6.07, 6.45) is 0.790. The molecule has 1 aliphatic heterocycles. The van der Waals surface area contributed by atoms with E-state index in [1.165, 1.54) is 0 Å². The molecule has 1 unspecified atom stereocenters. The lowest BCUT2D eigenvalue weighted by Crippen LogP contribution is -2.56. The average Bonchev–Trinajstić information content (AvgIpc) is 2.58. The van der Waals surface area contributed by atoms with Crippen LogP contribution in [-0.4, -0.2) is 31.1 Å². The summed E-state index contributed by atoms with van der Waals surface area (Å²) in [6, 6.07) is 15.8. The van der Waals surface area contributed by atoms with Gasteiger partial charge in [-0.1, -0.05) is 40.2 Å². The zero-order valence-corrected chi connectivity index (χ0v) is 15.5.